The topological polar surface area (TPSA) is 99.3 Å². The largest absolute Gasteiger partial charge is 0.496 e. The molecule has 1 heterocycles. The van der Waals surface area contributed by atoms with E-state index in [0.717, 1.165) is 12.1 Å². The summed E-state index contributed by atoms with van der Waals surface area (Å²) in [5, 5.41) is 16.9. The van der Waals surface area contributed by atoms with Crippen LogP contribution in [0.15, 0.2) is 24.3 Å². The van der Waals surface area contributed by atoms with Crippen molar-refractivity contribution in [2.75, 3.05) is 12.4 Å². The van der Waals surface area contributed by atoms with Crippen molar-refractivity contribution in [3.63, 3.8) is 0 Å². The first kappa shape index (κ1) is 18.2. The number of hydrogen-bond acceptors (Lipinski definition) is 5. The molecule has 2 rings (SSSR count). The van der Waals surface area contributed by atoms with E-state index in [-0.39, 0.29) is 17.1 Å². The number of alkyl halides is 3. The van der Waals surface area contributed by atoms with Crippen molar-refractivity contribution in [1.82, 2.24) is 9.78 Å². The predicted octanol–water partition coefficient (Wildman–Crippen LogP) is 2.77. The summed E-state index contributed by atoms with van der Waals surface area (Å²) in [5.41, 5.74) is -1.59. The Kier molecular flexibility index (Phi) is 4.95. The van der Waals surface area contributed by atoms with Gasteiger partial charge in [0.1, 0.15) is 23.7 Å². The zero-order chi connectivity index (χ0) is 18.8. The fraction of sp³-hybridized carbons (Fsp3) is 0.286. The lowest BCUT2D eigenvalue weighted by atomic mass is 10.2. The number of nitrogens with zero attached hydrogens (tertiary/aromatic N) is 3. The Morgan fingerprint density at radius 3 is 2.64 bits per heavy atom. The van der Waals surface area contributed by atoms with Gasteiger partial charge >= 0.3 is 6.18 Å². The molecule has 0 fully saturated rings. The maximum absolute atomic E-state index is 12.9. The Balaban J connectivity index is 2.23. The average Bonchev–Trinajstić information content (AvgIpc) is 2.88. The minimum atomic E-state index is -4.67. The molecule has 8 nitrogen and oxygen atoms in total. The van der Waals surface area contributed by atoms with Crippen LogP contribution in [0.5, 0.6) is 5.75 Å². The number of carbonyl (C=O) groups is 1. The Morgan fingerprint density at radius 1 is 1.40 bits per heavy atom. The van der Waals surface area contributed by atoms with Crippen molar-refractivity contribution in [3.05, 3.63) is 45.8 Å². The maximum atomic E-state index is 12.9. The van der Waals surface area contributed by atoms with Gasteiger partial charge in [-0.25, -0.2) is 0 Å². The lowest BCUT2D eigenvalue weighted by Crippen LogP contribution is -2.24. The molecule has 2 aromatic rings. The van der Waals surface area contributed by atoms with Gasteiger partial charge in [-0.05, 0) is 25.1 Å². The number of carbonyl (C=O) groups excluding carboxylic acids is 1. The first-order chi connectivity index (χ1) is 11.6. The van der Waals surface area contributed by atoms with Crippen LogP contribution < -0.4 is 10.1 Å². The second kappa shape index (κ2) is 6.79. The molecule has 0 bridgehead atoms. The standard InChI is InChI=1S/C14H13F3N4O4/c1-8-5-12(14(15,16)17)20(19-8)7-13(22)18-10-4-3-9(25-2)6-11(10)21(23)24/h3-6H,7H2,1-2H3,(H,18,22). The third-order valence-corrected chi connectivity index (χ3v) is 3.16. The van der Waals surface area contributed by atoms with Crippen LogP contribution in [0.1, 0.15) is 11.4 Å². The van der Waals surface area contributed by atoms with Crippen LogP contribution in [0.25, 0.3) is 0 Å². The molecule has 11 heteroatoms. The lowest BCUT2D eigenvalue weighted by molar-refractivity contribution is -0.384. The van der Waals surface area contributed by atoms with Gasteiger partial charge in [0.2, 0.25) is 5.91 Å². The minimum absolute atomic E-state index is 0.0931. The molecule has 0 aliphatic heterocycles. The van der Waals surface area contributed by atoms with Gasteiger partial charge in [0, 0.05) is 0 Å². The van der Waals surface area contributed by atoms with Crippen LogP contribution in [0.2, 0.25) is 0 Å². The number of aromatic nitrogens is 2. The van der Waals surface area contributed by atoms with E-state index in [4.69, 9.17) is 4.74 Å². The molecular weight excluding hydrogens is 345 g/mol. The van der Waals surface area contributed by atoms with E-state index in [9.17, 15) is 28.1 Å². The van der Waals surface area contributed by atoms with Gasteiger partial charge < -0.3 is 10.1 Å². The van der Waals surface area contributed by atoms with E-state index in [1.54, 1.807) is 0 Å². The summed E-state index contributed by atoms with van der Waals surface area (Å²) in [6.07, 6.45) is -4.67. The van der Waals surface area contributed by atoms with E-state index in [0.29, 0.717) is 4.68 Å². The van der Waals surface area contributed by atoms with E-state index in [2.05, 4.69) is 10.4 Å². The Labute approximate surface area is 139 Å². The molecule has 0 radical (unpaired) electrons. The number of halogens is 3. The van der Waals surface area contributed by atoms with Gasteiger partial charge in [-0.3, -0.25) is 19.6 Å². The van der Waals surface area contributed by atoms with Crippen molar-refractivity contribution >= 4 is 17.3 Å². The highest BCUT2D eigenvalue weighted by atomic mass is 19.4. The summed E-state index contributed by atoms with van der Waals surface area (Å²) < 4.78 is 44.1. The number of benzene rings is 1. The fourth-order valence-corrected chi connectivity index (χ4v) is 2.12. The fourth-order valence-electron chi connectivity index (χ4n) is 2.12. The molecule has 1 aromatic carbocycles. The van der Waals surface area contributed by atoms with E-state index < -0.39 is 34.9 Å². The molecule has 0 aliphatic rings. The number of aryl methyl sites for hydroxylation is 1. The normalized spacial score (nSPS) is 11.2. The molecule has 0 atom stereocenters. The van der Waals surface area contributed by atoms with Crippen molar-refractivity contribution in [2.45, 2.75) is 19.6 Å². The molecule has 1 aromatic heterocycles. The third-order valence-electron chi connectivity index (χ3n) is 3.16. The van der Waals surface area contributed by atoms with Crippen LogP contribution in [0.3, 0.4) is 0 Å². The number of anilines is 1. The SMILES string of the molecule is COc1ccc(NC(=O)Cn2nc(C)cc2C(F)(F)F)c([N+](=O)[O-])c1. The van der Waals surface area contributed by atoms with Crippen molar-refractivity contribution in [2.24, 2.45) is 0 Å². The first-order valence-electron chi connectivity index (χ1n) is 6.85. The summed E-state index contributed by atoms with van der Waals surface area (Å²) >= 11 is 0. The number of nitro benzene ring substituents is 1. The second-order valence-corrected chi connectivity index (χ2v) is 5.01. The predicted molar refractivity (Wildman–Crippen MR) is 80.2 cm³/mol. The average molecular weight is 358 g/mol. The zero-order valence-electron chi connectivity index (χ0n) is 13.1. The maximum Gasteiger partial charge on any atom is 0.433 e. The monoisotopic (exact) mass is 358 g/mol. The minimum Gasteiger partial charge on any atom is -0.496 e. The molecule has 1 amide bonds. The summed E-state index contributed by atoms with van der Waals surface area (Å²) in [6.45, 7) is 0.615. The highest BCUT2D eigenvalue weighted by Crippen LogP contribution is 2.31. The number of rotatable bonds is 5. The number of ether oxygens (including phenoxy) is 1. The van der Waals surface area contributed by atoms with Crippen molar-refractivity contribution in [1.29, 1.82) is 0 Å². The van der Waals surface area contributed by atoms with E-state index in [1.807, 2.05) is 0 Å². The van der Waals surface area contributed by atoms with Crippen LogP contribution in [0.4, 0.5) is 24.5 Å². The van der Waals surface area contributed by atoms with Crippen LogP contribution in [-0.4, -0.2) is 27.7 Å². The van der Waals surface area contributed by atoms with Crippen molar-refractivity contribution < 1.29 is 27.6 Å². The summed E-state index contributed by atoms with van der Waals surface area (Å²) in [7, 11) is 1.32. The second-order valence-electron chi connectivity index (χ2n) is 5.01. The van der Waals surface area contributed by atoms with E-state index >= 15 is 0 Å². The third kappa shape index (κ3) is 4.25. The molecule has 0 unspecified atom stereocenters. The van der Waals surface area contributed by atoms with E-state index in [1.165, 1.54) is 26.2 Å². The Bertz CT molecular complexity index is 817. The Hall–Kier alpha value is -3.11. The molecule has 0 saturated carbocycles. The molecule has 0 spiro atoms. The first-order valence-corrected chi connectivity index (χ1v) is 6.85. The number of hydrogen-bond donors (Lipinski definition) is 1. The quantitative estimate of drug-likeness (QED) is 0.654. The number of nitro groups is 1. The summed E-state index contributed by atoms with van der Waals surface area (Å²) in [6, 6.07) is 4.51. The summed E-state index contributed by atoms with van der Waals surface area (Å²) in [4.78, 5) is 22.3. The smallest absolute Gasteiger partial charge is 0.433 e. The zero-order valence-corrected chi connectivity index (χ0v) is 13.1. The van der Waals surface area contributed by atoms with Gasteiger partial charge in [0.25, 0.3) is 5.69 Å². The molecule has 0 saturated heterocycles. The van der Waals surface area contributed by atoms with Crippen LogP contribution >= 0.6 is 0 Å². The van der Waals surface area contributed by atoms with Gasteiger partial charge in [-0.15, -0.1) is 0 Å². The highest BCUT2D eigenvalue weighted by Gasteiger charge is 2.35. The van der Waals surface area contributed by atoms with Crippen LogP contribution in [-0.2, 0) is 17.5 Å². The molecule has 0 aliphatic carbocycles. The Morgan fingerprint density at radius 2 is 2.08 bits per heavy atom. The molecule has 1 N–H and O–H groups in total. The molecular formula is C14H13F3N4O4. The number of methoxy groups -OCH3 is 1. The molecule has 134 valence electrons. The molecule has 25 heavy (non-hydrogen) atoms. The van der Waals surface area contributed by atoms with Gasteiger partial charge in [0.15, 0.2) is 0 Å². The van der Waals surface area contributed by atoms with Gasteiger partial charge in [-0.1, -0.05) is 0 Å². The van der Waals surface area contributed by atoms with Crippen molar-refractivity contribution in [3.8, 4) is 5.75 Å². The summed E-state index contributed by atoms with van der Waals surface area (Å²) in [5.74, 6) is -0.686. The lowest BCUT2D eigenvalue weighted by Gasteiger charge is -2.11. The number of nitrogens with one attached hydrogen (secondary N) is 1. The van der Waals surface area contributed by atoms with Gasteiger partial charge in [0.05, 0.1) is 23.8 Å². The number of amides is 1. The van der Waals surface area contributed by atoms with Crippen LogP contribution in [0, 0.1) is 17.0 Å². The highest BCUT2D eigenvalue weighted by molar-refractivity contribution is 5.93. The van der Waals surface area contributed by atoms with Gasteiger partial charge in [-0.2, -0.15) is 18.3 Å².